The van der Waals surface area contributed by atoms with Gasteiger partial charge in [0.2, 0.25) is 0 Å². The van der Waals surface area contributed by atoms with E-state index in [-0.39, 0.29) is 11.9 Å². The fourth-order valence-electron chi connectivity index (χ4n) is 4.92. The second-order valence-corrected chi connectivity index (χ2v) is 9.25. The molecular weight excluding hydrogens is 414 g/mol. The Labute approximate surface area is 194 Å². The van der Waals surface area contributed by atoms with Crippen LogP contribution in [0.25, 0.3) is 5.52 Å². The maximum Gasteiger partial charge on any atom is 0.317 e. The zero-order valence-corrected chi connectivity index (χ0v) is 19.2. The summed E-state index contributed by atoms with van der Waals surface area (Å²) in [5.74, 6) is 0.459. The van der Waals surface area contributed by atoms with Crippen LogP contribution in [0, 0.1) is 6.92 Å². The van der Waals surface area contributed by atoms with Crippen LogP contribution in [0.5, 0.6) is 0 Å². The minimum atomic E-state index is -0.00115. The van der Waals surface area contributed by atoms with Crippen LogP contribution in [-0.2, 0) is 6.54 Å². The van der Waals surface area contributed by atoms with Gasteiger partial charge in [-0.1, -0.05) is 29.8 Å². The summed E-state index contributed by atoms with van der Waals surface area (Å²) < 4.78 is 1.79. The van der Waals surface area contributed by atoms with Crippen LogP contribution >= 0.6 is 0 Å². The highest BCUT2D eigenvalue weighted by Gasteiger charge is 2.26. The van der Waals surface area contributed by atoms with Gasteiger partial charge in [0, 0.05) is 38.9 Å². The first-order chi connectivity index (χ1) is 16.1. The molecule has 2 saturated heterocycles. The summed E-state index contributed by atoms with van der Waals surface area (Å²) in [6, 6.07) is 12.5. The van der Waals surface area contributed by atoms with Gasteiger partial charge in [0.1, 0.15) is 0 Å². The summed E-state index contributed by atoms with van der Waals surface area (Å²) in [5, 5.41) is 7.43. The maximum atomic E-state index is 12.9. The van der Waals surface area contributed by atoms with E-state index in [9.17, 15) is 9.59 Å². The summed E-state index contributed by atoms with van der Waals surface area (Å²) in [5.41, 5.74) is 5.11. The van der Waals surface area contributed by atoms with Gasteiger partial charge in [-0.25, -0.2) is 9.31 Å². The van der Waals surface area contributed by atoms with Gasteiger partial charge in [-0.3, -0.25) is 4.79 Å². The van der Waals surface area contributed by atoms with Crippen LogP contribution in [0.3, 0.4) is 0 Å². The van der Waals surface area contributed by atoms with Gasteiger partial charge < -0.3 is 15.1 Å². The van der Waals surface area contributed by atoms with Crippen molar-refractivity contribution in [2.24, 2.45) is 0 Å². The number of pyridine rings is 1. The quantitative estimate of drug-likeness (QED) is 0.661. The number of carbonyl (C=O) groups is 2. The third-order valence-corrected chi connectivity index (χ3v) is 6.99. The van der Waals surface area contributed by atoms with E-state index in [4.69, 9.17) is 0 Å². The van der Waals surface area contributed by atoms with Crippen molar-refractivity contribution in [1.82, 2.24) is 24.7 Å². The highest BCUT2D eigenvalue weighted by molar-refractivity contribution is 6.00. The highest BCUT2D eigenvalue weighted by Crippen LogP contribution is 2.30. The molecule has 0 bridgehead atoms. The molecule has 7 nitrogen and oxygen atoms in total. The Morgan fingerprint density at radius 1 is 1.00 bits per heavy atom. The maximum absolute atomic E-state index is 12.9. The van der Waals surface area contributed by atoms with Gasteiger partial charge in [0.05, 0.1) is 17.3 Å². The predicted octanol–water partition coefficient (Wildman–Crippen LogP) is 3.97. The topological polar surface area (TPSA) is 70.0 Å². The van der Waals surface area contributed by atoms with Crippen LogP contribution in [-0.4, -0.2) is 57.5 Å². The first kappa shape index (κ1) is 21.5. The molecule has 3 aromatic rings. The molecule has 2 aliphatic heterocycles. The van der Waals surface area contributed by atoms with Gasteiger partial charge in [0.15, 0.2) is 0 Å². The predicted molar refractivity (Wildman–Crippen MR) is 127 cm³/mol. The summed E-state index contributed by atoms with van der Waals surface area (Å²) in [6.07, 6.45) is 7.63. The Balaban J connectivity index is 1.21. The number of fused-ring (bicyclic) bond motifs is 1. The molecule has 1 aromatic carbocycles. The second kappa shape index (κ2) is 9.25. The van der Waals surface area contributed by atoms with E-state index in [1.165, 1.54) is 11.1 Å². The molecule has 0 aliphatic carbocycles. The molecule has 7 heteroatoms. The number of benzene rings is 1. The SMILES string of the molecule is Cc1ccc(CNC(=O)N2CCC(c3ccn4ncc(C(=O)N5CCCC5)c4c3)CC2)cc1. The number of carbonyl (C=O) groups excluding carboxylic acids is 2. The smallest absolute Gasteiger partial charge is 0.317 e. The lowest BCUT2D eigenvalue weighted by atomic mass is 9.89. The van der Waals surface area contributed by atoms with E-state index in [0.29, 0.717) is 18.0 Å². The second-order valence-electron chi connectivity index (χ2n) is 9.25. The Hall–Kier alpha value is -3.35. The molecule has 33 heavy (non-hydrogen) atoms. The average Bonchev–Trinajstić information content (AvgIpc) is 3.53. The summed E-state index contributed by atoms with van der Waals surface area (Å²) in [4.78, 5) is 29.4. The minimum Gasteiger partial charge on any atom is -0.339 e. The third kappa shape index (κ3) is 4.58. The lowest BCUT2D eigenvalue weighted by Gasteiger charge is -2.32. The van der Waals surface area contributed by atoms with Gasteiger partial charge in [0.25, 0.3) is 5.91 Å². The number of hydrogen-bond donors (Lipinski definition) is 1. The first-order valence-electron chi connectivity index (χ1n) is 11.9. The van der Waals surface area contributed by atoms with E-state index in [2.05, 4.69) is 53.7 Å². The molecule has 0 spiro atoms. The number of rotatable bonds is 4. The lowest BCUT2D eigenvalue weighted by molar-refractivity contribution is 0.0794. The van der Waals surface area contributed by atoms with Crippen LogP contribution in [0.15, 0.2) is 48.8 Å². The number of piperidine rings is 1. The molecule has 172 valence electrons. The molecule has 0 radical (unpaired) electrons. The standard InChI is InChI=1S/C26H31N5O2/c1-19-4-6-20(7-5-19)17-27-26(33)30-13-8-21(9-14-30)22-10-15-31-24(16-22)23(18-28-31)25(32)29-11-2-3-12-29/h4-7,10,15-16,18,21H,2-3,8-9,11-14,17H2,1H3,(H,27,33). The molecule has 0 atom stereocenters. The fourth-order valence-corrected chi connectivity index (χ4v) is 4.92. The van der Waals surface area contributed by atoms with Crippen molar-refractivity contribution in [2.45, 2.75) is 45.1 Å². The molecule has 1 N–H and O–H groups in total. The van der Waals surface area contributed by atoms with Crippen LogP contribution < -0.4 is 5.32 Å². The number of aryl methyl sites for hydroxylation is 1. The zero-order valence-electron chi connectivity index (χ0n) is 19.2. The fraction of sp³-hybridized carbons (Fsp3) is 0.423. The van der Waals surface area contributed by atoms with Crippen LogP contribution in [0.4, 0.5) is 4.79 Å². The molecule has 4 heterocycles. The first-order valence-corrected chi connectivity index (χ1v) is 11.9. The highest BCUT2D eigenvalue weighted by atomic mass is 16.2. The molecule has 2 aliphatic rings. The number of likely N-dealkylation sites (tertiary alicyclic amines) is 2. The average molecular weight is 446 g/mol. The van der Waals surface area contributed by atoms with Gasteiger partial charge in [-0.15, -0.1) is 0 Å². The van der Waals surface area contributed by atoms with Gasteiger partial charge in [-0.2, -0.15) is 5.10 Å². The normalized spacial score (nSPS) is 17.0. The monoisotopic (exact) mass is 445 g/mol. The van der Waals surface area contributed by atoms with Crippen molar-refractivity contribution in [3.8, 4) is 0 Å². The Morgan fingerprint density at radius 2 is 1.73 bits per heavy atom. The van der Waals surface area contributed by atoms with Crippen molar-refractivity contribution in [2.75, 3.05) is 26.2 Å². The largest absolute Gasteiger partial charge is 0.339 e. The Kier molecular flexibility index (Phi) is 6.03. The van der Waals surface area contributed by atoms with Crippen molar-refractivity contribution in [3.63, 3.8) is 0 Å². The number of hydrogen-bond acceptors (Lipinski definition) is 3. The van der Waals surface area contributed by atoms with E-state index < -0.39 is 0 Å². The van der Waals surface area contributed by atoms with Gasteiger partial charge >= 0.3 is 6.03 Å². The van der Waals surface area contributed by atoms with Crippen molar-refractivity contribution in [3.05, 3.63) is 71.0 Å². The summed E-state index contributed by atoms with van der Waals surface area (Å²) in [7, 11) is 0. The number of nitrogens with zero attached hydrogens (tertiary/aromatic N) is 4. The molecule has 2 aromatic heterocycles. The summed E-state index contributed by atoms with van der Waals surface area (Å²) in [6.45, 7) is 5.73. The minimum absolute atomic E-state index is 0.00115. The van der Waals surface area contributed by atoms with Gasteiger partial charge in [-0.05, 0) is 61.8 Å². The third-order valence-electron chi connectivity index (χ3n) is 6.99. The van der Waals surface area contributed by atoms with E-state index >= 15 is 0 Å². The zero-order chi connectivity index (χ0) is 22.8. The van der Waals surface area contributed by atoms with Crippen molar-refractivity contribution in [1.29, 1.82) is 0 Å². The molecule has 0 unspecified atom stereocenters. The molecular formula is C26H31N5O2. The summed E-state index contributed by atoms with van der Waals surface area (Å²) >= 11 is 0. The molecule has 0 saturated carbocycles. The molecule has 5 rings (SSSR count). The number of nitrogens with one attached hydrogen (secondary N) is 1. The van der Waals surface area contributed by atoms with E-state index in [1.807, 2.05) is 16.0 Å². The lowest BCUT2D eigenvalue weighted by Crippen LogP contribution is -2.43. The number of amides is 3. The molecule has 3 amide bonds. The van der Waals surface area contributed by atoms with E-state index in [0.717, 1.165) is 62.9 Å². The molecule has 2 fully saturated rings. The van der Waals surface area contributed by atoms with Crippen molar-refractivity contribution < 1.29 is 9.59 Å². The number of urea groups is 1. The Bertz CT molecular complexity index is 1140. The van der Waals surface area contributed by atoms with Crippen molar-refractivity contribution >= 4 is 17.5 Å². The van der Waals surface area contributed by atoms with Crippen LogP contribution in [0.2, 0.25) is 0 Å². The Morgan fingerprint density at radius 3 is 2.45 bits per heavy atom. The van der Waals surface area contributed by atoms with E-state index in [1.54, 1.807) is 10.7 Å². The van der Waals surface area contributed by atoms with Crippen LogP contribution in [0.1, 0.15) is 58.6 Å². The number of aromatic nitrogens is 2.